The molecule has 0 saturated carbocycles. The van der Waals surface area contributed by atoms with Crippen LogP contribution in [0.1, 0.15) is 35.2 Å². The number of anilines is 2. The van der Waals surface area contributed by atoms with Crippen LogP contribution in [0.25, 0.3) is 10.2 Å². The fraction of sp³-hybridized carbons (Fsp3) is 0.348. The summed E-state index contributed by atoms with van der Waals surface area (Å²) in [4.78, 5) is 31.8. The van der Waals surface area contributed by atoms with Crippen LogP contribution in [-0.4, -0.2) is 48.0 Å². The first-order valence-electron chi connectivity index (χ1n) is 10.7. The zero-order valence-electron chi connectivity index (χ0n) is 17.9. The summed E-state index contributed by atoms with van der Waals surface area (Å²) in [6, 6.07) is 10.5. The highest BCUT2D eigenvalue weighted by Gasteiger charge is 2.14. The van der Waals surface area contributed by atoms with E-state index in [1.807, 2.05) is 19.1 Å². The number of hydrogen-bond donors (Lipinski definition) is 3. The third-order valence-electron chi connectivity index (χ3n) is 5.47. The number of rotatable bonds is 7. The molecular weight excluding hydrogens is 446 g/mol. The number of aryl methyl sites for hydroxylation is 1. The lowest BCUT2D eigenvalue weighted by atomic mass is 10.1. The summed E-state index contributed by atoms with van der Waals surface area (Å²) in [7, 11) is 0. The summed E-state index contributed by atoms with van der Waals surface area (Å²) >= 11 is 7.55. The van der Waals surface area contributed by atoms with E-state index in [-0.39, 0.29) is 11.9 Å². The molecule has 0 spiro atoms. The minimum atomic E-state index is -0.266. The summed E-state index contributed by atoms with van der Waals surface area (Å²) in [5.41, 5.74) is 2.72. The van der Waals surface area contributed by atoms with Crippen molar-refractivity contribution in [3.05, 3.63) is 52.5 Å². The molecule has 168 valence electrons. The number of carbonyl (C=O) groups is 2. The second kappa shape index (κ2) is 10.3. The molecule has 32 heavy (non-hydrogen) atoms. The van der Waals surface area contributed by atoms with Crippen LogP contribution >= 0.6 is 22.9 Å². The standard InChI is InChI=1S/C23H26ClN5O2S/c1-15-6-4-7-17(24)20(15)27-21(30)16-8-9-18-19(14-16)32-23(26-18)28-22(31)25-10-5-13-29-11-2-3-12-29/h4,6-9,14H,2-3,5,10-13H2,1H3,(H,27,30)(H2,25,26,28,31). The number of nitrogens with one attached hydrogen (secondary N) is 3. The van der Waals surface area contributed by atoms with Crippen LogP contribution in [0.2, 0.25) is 5.02 Å². The molecule has 1 fully saturated rings. The van der Waals surface area contributed by atoms with E-state index in [1.54, 1.807) is 24.3 Å². The number of para-hydroxylation sites is 1. The first-order valence-corrected chi connectivity index (χ1v) is 11.9. The van der Waals surface area contributed by atoms with Crippen molar-refractivity contribution in [2.24, 2.45) is 0 Å². The smallest absolute Gasteiger partial charge is 0.321 e. The van der Waals surface area contributed by atoms with Gasteiger partial charge in [-0.05, 0) is 75.6 Å². The Morgan fingerprint density at radius 1 is 1.16 bits per heavy atom. The SMILES string of the molecule is Cc1cccc(Cl)c1NC(=O)c1ccc2nc(NC(=O)NCCCN3CCCC3)sc2c1. The van der Waals surface area contributed by atoms with Crippen molar-refractivity contribution < 1.29 is 9.59 Å². The van der Waals surface area contributed by atoms with E-state index >= 15 is 0 Å². The monoisotopic (exact) mass is 471 g/mol. The molecule has 7 nitrogen and oxygen atoms in total. The Labute approximate surface area is 196 Å². The van der Waals surface area contributed by atoms with Gasteiger partial charge in [0.05, 0.1) is 20.9 Å². The molecular formula is C23H26ClN5O2S. The zero-order valence-corrected chi connectivity index (χ0v) is 19.5. The minimum absolute atomic E-state index is 0.248. The molecule has 2 aromatic carbocycles. The molecule has 9 heteroatoms. The predicted molar refractivity (Wildman–Crippen MR) is 131 cm³/mol. The van der Waals surface area contributed by atoms with Gasteiger partial charge in [0.2, 0.25) is 0 Å². The molecule has 0 bridgehead atoms. The van der Waals surface area contributed by atoms with Crippen molar-refractivity contribution in [1.82, 2.24) is 15.2 Å². The maximum absolute atomic E-state index is 12.7. The largest absolute Gasteiger partial charge is 0.338 e. The molecule has 0 radical (unpaired) electrons. The number of amides is 3. The van der Waals surface area contributed by atoms with E-state index in [9.17, 15) is 9.59 Å². The lowest BCUT2D eigenvalue weighted by Gasteiger charge is -2.14. The quantitative estimate of drug-likeness (QED) is 0.417. The molecule has 1 aliphatic heterocycles. The number of thiazole rings is 1. The molecule has 0 unspecified atom stereocenters. The van der Waals surface area contributed by atoms with Gasteiger partial charge in [0, 0.05) is 12.1 Å². The fourth-order valence-corrected chi connectivity index (χ4v) is 4.92. The highest BCUT2D eigenvalue weighted by Crippen LogP contribution is 2.29. The normalized spacial score (nSPS) is 13.9. The highest BCUT2D eigenvalue weighted by molar-refractivity contribution is 7.22. The molecule has 1 saturated heterocycles. The maximum Gasteiger partial charge on any atom is 0.321 e. The second-order valence-electron chi connectivity index (χ2n) is 7.87. The van der Waals surface area contributed by atoms with Gasteiger partial charge in [-0.2, -0.15) is 0 Å². The first kappa shape index (κ1) is 22.5. The second-order valence-corrected chi connectivity index (χ2v) is 9.31. The molecule has 3 N–H and O–H groups in total. The number of hydrogen-bond acceptors (Lipinski definition) is 5. The van der Waals surface area contributed by atoms with E-state index in [0.717, 1.165) is 41.8 Å². The molecule has 0 atom stereocenters. The van der Waals surface area contributed by atoms with E-state index in [2.05, 4.69) is 25.8 Å². The minimum Gasteiger partial charge on any atom is -0.338 e. The Balaban J connectivity index is 1.34. The molecule has 3 aromatic rings. The van der Waals surface area contributed by atoms with Crippen LogP contribution in [0, 0.1) is 6.92 Å². The van der Waals surface area contributed by atoms with Gasteiger partial charge in [0.1, 0.15) is 0 Å². The summed E-state index contributed by atoms with van der Waals surface area (Å²) in [6.07, 6.45) is 3.47. The average molecular weight is 472 g/mol. The number of benzene rings is 2. The average Bonchev–Trinajstić information content (AvgIpc) is 3.42. The molecule has 3 amide bonds. The van der Waals surface area contributed by atoms with Crippen molar-refractivity contribution >= 4 is 55.9 Å². The number of nitrogens with zero attached hydrogens (tertiary/aromatic N) is 2. The van der Waals surface area contributed by atoms with Gasteiger partial charge in [0.25, 0.3) is 5.91 Å². The van der Waals surface area contributed by atoms with E-state index in [0.29, 0.717) is 27.9 Å². The Bertz CT molecular complexity index is 1110. The lowest BCUT2D eigenvalue weighted by molar-refractivity contribution is 0.102. The van der Waals surface area contributed by atoms with Crippen LogP contribution in [-0.2, 0) is 0 Å². The van der Waals surface area contributed by atoms with Gasteiger partial charge in [0.15, 0.2) is 5.13 Å². The zero-order chi connectivity index (χ0) is 22.5. The van der Waals surface area contributed by atoms with Gasteiger partial charge in [-0.15, -0.1) is 0 Å². The topological polar surface area (TPSA) is 86.4 Å². The highest BCUT2D eigenvalue weighted by atomic mass is 35.5. The maximum atomic E-state index is 12.7. The van der Waals surface area contributed by atoms with Gasteiger partial charge in [-0.1, -0.05) is 35.1 Å². The van der Waals surface area contributed by atoms with Crippen LogP contribution < -0.4 is 16.0 Å². The van der Waals surface area contributed by atoms with Crippen molar-refractivity contribution in [3.63, 3.8) is 0 Å². The van der Waals surface area contributed by atoms with Gasteiger partial charge in [-0.3, -0.25) is 10.1 Å². The molecule has 2 heterocycles. The Morgan fingerprint density at radius 3 is 2.75 bits per heavy atom. The lowest BCUT2D eigenvalue weighted by Crippen LogP contribution is -2.31. The first-order chi connectivity index (χ1) is 15.5. The number of carbonyl (C=O) groups excluding carboxylic acids is 2. The number of aromatic nitrogens is 1. The summed E-state index contributed by atoms with van der Waals surface area (Å²) < 4.78 is 0.817. The van der Waals surface area contributed by atoms with Crippen LogP contribution in [0.3, 0.4) is 0 Å². The van der Waals surface area contributed by atoms with Gasteiger partial charge in [-0.25, -0.2) is 9.78 Å². The fourth-order valence-electron chi connectivity index (χ4n) is 3.75. The van der Waals surface area contributed by atoms with Crippen molar-refractivity contribution in [2.75, 3.05) is 36.8 Å². The third kappa shape index (κ3) is 5.56. The van der Waals surface area contributed by atoms with Gasteiger partial charge >= 0.3 is 6.03 Å². The Morgan fingerprint density at radius 2 is 1.97 bits per heavy atom. The predicted octanol–water partition coefficient (Wildman–Crippen LogP) is 5.12. The van der Waals surface area contributed by atoms with Crippen molar-refractivity contribution in [2.45, 2.75) is 26.2 Å². The van der Waals surface area contributed by atoms with Crippen LogP contribution in [0.15, 0.2) is 36.4 Å². The van der Waals surface area contributed by atoms with E-state index in [1.165, 1.54) is 24.2 Å². The number of fused-ring (bicyclic) bond motifs is 1. The Kier molecular flexibility index (Phi) is 7.24. The number of likely N-dealkylation sites (tertiary alicyclic amines) is 1. The van der Waals surface area contributed by atoms with Crippen molar-refractivity contribution in [1.29, 1.82) is 0 Å². The number of halogens is 1. The van der Waals surface area contributed by atoms with Gasteiger partial charge < -0.3 is 15.5 Å². The molecule has 1 aromatic heterocycles. The van der Waals surface area contributed by atoms with Crippen LogP contribution in [0.4, 0.5) is 15.6 Å². The van der Waals surface area contributed by atoms with E-state index < -0.39 is 0 Å². The Hall–Kier alpha value is -2.68. The third-order valence-corrected chi connectivity index (χ3v) is 6.72. The molecule has 0 aliphatic carbocycles. The summed E-state index contributed by atoms with van der Waals surface area (Å²) in [5.74, 6) is -0.248. The van der Waals surface area contributed by atoms with E-state index in [4.69, 9.17) is 11.6 Å². The summed E-state index contributed by atoms with van der Waals surface area (Å²) in [5, 5.41) is 9.54. The molecule has 4 rings (SSSR count). The van der Waals surface area contributed by atoms with Crippen molar-refractivity contribution in [3.8, 4) is 0 Å². The van der Waals surface area contributed by atoms with Crippen LogP contribution in [0.5, 0.6) is 0 Å². The summed E-state index contributed by atoms with van der Waals surface area (Å²) in [6.45, 7) is 5.86. The number of urea groups is 1. The molecule has 1 aliphatic rings.